The summed E-state index contributed by atoms with van der Waals surface area (Å²) >= 11 is 0. The number of piperidine rings is 1. The first kappa shape index (κ1) is 19.1. The molecule has 2 aromatic carbocycles. The van der Waals surface area contributed by atoms with Crippen LogP contribution >= 0.6 is 0 Å². The highest BCUT2D eigenvalue weighted by molar-refractivity contribution is 5.95. The molecule has 1 heterocycles. The summed E-state index contributed by atoms with van der Waals surface area (Å²) in [6, 6.07) is 14.0. The number of aryl methyl sites for hydroxylation is 1. The fraction of sp³-hybridized carbons (Fsp3) is 0.364. The zero-order chi connectivity index (χ0) is 19.4. The maximum absolute atomic E-state index is 14.0. The van der Waals surface area contributed by atoms with E-state index in [0.29, 0.717) is 32.5 Å². The van der Waals surface area contributed by atoms with Crippen LogP contribution in [0, 0.1) is 18.2 Å². The first-order chi connectivity index (χ1) is 12.9. The Morgan fingerprint density at radius 3 is 2.56 bits per heavy atom. The lowest BCUT2D eigenvalue weighted by molar-refractivity contribution is -0.132. The molecule has 2 aromatic rings. The predicted molar refractivity (Wildman–Crippen MR) is 103 cm³/mol. The summed E-state index contributed by atoms with van der Waals surface area (Å²) in [5.74, 6) is -0.960. The van der Waals surface area contributed by atoms with Gasteiger partial charge in [-0.15, -0.1) is 0 Å². The van der Waals surface area contributed by atoms with Crippen molar-refractivity contribution in [2.75, 3.05) is 13.1 Å². The van der Waals surface area contributed by atoms with Gasteiger partial charge < -0.3 is 10.2 Å². The summed E-state index contributed by atoms with van der Waals surface area (Å²) < 4.78 is 14.0. The van der Waals surface area contributed by atoms with Gasteiger partial charge >= 0.3 is 0 Å². The van der Waals surface area contributed by atoms with Gasteiger partial charge in [0.15, 0.2) is 0 Å². The van der Waals surface area contributed by atoms with E-state index < -0.39 is 11.2 Å². The fourth-order valence-corrected chi connectivity index (χ4v) is 3.50. The van der Waals surface area contributed by atoms with Crippen LogP contribution in [-0.4, -0.2) is 29.8 Å². The topological polar surface area (TPSA) is 49.4 Å². The van der Waals surface area contributed by atoms with E-state index in [9.17, 15) is 14.0 Å². The second-order valence-corrected chi connectivity index (χ2v) is 7.54. The molecule has 1 atom stereocenters. The van der Waals surface area contributed by atoms with Gasteiger partial charge in [-0.3, -0.25) is 9.59 Å². The second-order valence-electron chi connectivity index (χ2n) is 7.54. The van der Waals surface area contributed by atoms with Crippen molar-refractivity contribution in [1.29, 1.82) is 0 Å². The van der Waals surface area contributed by atoms with Crippen molar-refractivity contribution in [2.24, 2.45) is 5.41 Å². The van der Waals surface area contributed by atoms with Crippen LogP contribution < -0.4 is 5.32 Å². The number of benzene rings is 2. The molecule has 0 spiro atoms. The molecule has 1 aliphatic rings. The van der Waals surface area contributed by atoms with Crippen LogP contribution in [0.2, 0.25) is 0 Å². The Hall–Kier alpha value is -2.69. The van der Waals surface area contributed by atoms with Crippen molar-refractivity contribution in [1.82, 2.24) is 10.2 Å². The highest BCUT2D eigenvalue weighted by Crippen LogP contribution is 2.31. The number of amides is 2. The summed E-state index contributed by atoms with van der Waals surface area (Å²) in [4.78, 5) is 27.1. The number of halogens is 1. The summed E-state index contributed by atoms with van der Waals surface area (Å²) in [5.41, 5.74) is 1.59. The number of carbonyl (C=O) groups is 2. The molecule has 5 heteroatoms. The molecular weight excluding hydrogens is 343 g/mol. The van der Waals surface area contributed by atoms with E-state index >= 15 is 0 Å². The van der Waals surface area contributed by atoms with Crippen LogP contribution in [0.4, 0.5) is 4.39 Å². The van der Waals surface area contributed by atoms with Gasteiger partial charge in [0.2, 0.25) is 5.91 Å². The number of nitrogens with zero attached hydrogens (tertiary/aromatic N) is 1. The van der Waals surface area contributed by atoms with Gasteiger partial charge in [-0.25, -0.2) is 4.39 Å². The zero-order valence-corrected chi connectivity index (χ0v) is 15.8. The Bertz CT molecular complexity index is 834. The molecule has 0 aromatic heterocycles. The van der Waals surface area contributed by atoms with Gasteiger partial charge in [0, 0.05) is 19.6 Å². The van der Waals surface area contributed by atoms with Gasteiger partial charge in [-0.2, -0.15) is 0 Å². The normalized spacial score (nSPS) is 19.6. The second kappa shape index (κ2) is 7.91. The fourth-order valence-electron chi connectivity index (χ4n) is 3.50. The molecule has 0 aliphatic carbocycles. The van der Waals surface area contributed by atoms with E-state index in [0.717, 1.165) is 5.56 Å². The minimum Gasteiger partial charge on any atom is -0.351 e. The monoisotopic (exact) mass is 368 g/mol. The lowest BCUT2D eigenvalue weighted by atomic mass is 9.80. The van der Waals surface area contributed by atoms with Crippen LogP contribution in [0.5, 0.6) is 0 Å². The molecule has 2 amide bonds. The first-order valence-electron chi connectivity index (χ1n) is 9.27. The number of hydrogen-bond acceptors (Lipinski definition) is 2. The average molecular weight is 368 g/mol. The van der Waals surface area contributed by atoms with Crippen LogP contribution in [0.25, 0.3) is 0 Å². The standard InChI is InChI=1S/C22H25FN2O2/c1-16-8-10-17(11-9-16)14-24-21(27)22(2)12-5-13-25(15-22)20(26)18-6-3-4-7-19(18)23/h3-4,6-11H,5,12-15H2,1-2H3,(H,24,27)/t22-/m0/s1. The summed E-state index contributed by atoms with van der Waals surface area (Å²) in [7, 11) is 0. The van der Waals surface area contributed by atoms with Gasteiger partial charge in [0.1, 0.15) is 5.82 Å². The number of carbonyl (C=O) groups excluding carboxylic acids is 2. The lowest BCUT2D eigenvalue weighted by Crippen LogP contribution is -2.51. The van der Waals surface area contributed by atoms with E-state index in [2.05, 4.69) is 5.32 Å². The molecule has 1 saturated heterocycles. The number of nitrogens with one attached hydrogen (secondary N) is 1. The number of hydrogen-bond donors (Lipinski definition) is 1. The Kier molecular flexibility index (Phi) is 5.59. The van der Waals surface area contributed by atoms with Crippen molar-refractivity contribution in [2.45, 2.75) is 33.2 Å². The van der Waals surface area contributed by atoms with E-state index in [1.54, 1.807) is 17.0 Å². The molecule has 0 bridgehead atoms. The summed E-state index contributed by atoms with van der Waals surface area (Å²) in [6.45, 7) is 5.18. The van der Waals surface area contributed by atoms with Crippen LogP contribution in [0.3, 0.4) is 0 Å². The third-order valence-electron chi connectivity index (χ3n) is 5.21. The van der Waals surface area contributed by atoms with E-state index in [1.807, 2.05) is 38.1 Å². The highest BCUT2D eigenvalue weighted by atomic mass is 19.1. The largest absolute Gasteiger partial charge is 0.351 e. The maximum atomic E-state index is 14.0. The predicted octanol–water partition coefficient (Wildman–Crippen LogP) is 3.69. The molecular formula is C22H25FN2O2. The molecule has 0 unspecified atom stereocenters. The quantitative estimate of drug-likeness (QED) is 0.895. The Morgan fingerprint density at radius 2 is 1.85 bits per heavy atom. The van der Waals surface area contributed by atoms with Crippen molar-refractivity contribution in [3.63, 3.8) is 0 Å². The van der Waals surface area contributed by atoms with E-state index in [-0.39, 0.29) is 17.4 Å². The van der Waals surface area contributed by atoms with Crippen LogP contribution in [-0.2, 0) is 11.3 Å². The summed E-state index contributed by atoms with van der Waals surface area (Å²) in [6.07, 6.45) is 1.42. The molecule has 0 radical (unpaired) electrons. The Balaban J connectivity index is 1.66. The third kappa shape index (κ3) is 4.35. The Morgan fingerprint density at radius 1 is 1.15 bits per heavy atom. The van der Waals surface area contributed by atoms with E-state index in [4.69, 9.17) is 0 Å². The average Bonchev–Trinajstić information content (AvgIpc) is 2.67. The van der Waals surface area contributed by atoms with E-state index in [1.165, 1.54) is 17.7 Å². The van der Waals surface area contributed by atoms with Crippen LogP contribution in [0.1, 0.15) is 41.3 Å². The maximum Gasteiger partial charge on any atom is 0.256 e. The van der Waals surface area contributed by atoms with Crippen molar-refractivity contribution < 1.29 is 14.0 Å². The minimum absolute atomic E-state index is 0.0572. The van der Waals surface area contributed by atoms with Gasteiger partial charge in [0.05, 0.1) is 11.0 Å². The number of rotatable bonds is 4. The van der Waals surface area contributed by atoms with Crippen LogP contribution in [0.15, 0.2) is 48.5 Å². The molecule has 27 heavy (non-hydrogen) atoms. The third-order valence-corrected chi connectivity index (χ3v) is 5.21. The molecule has 0 saturated carbocycles. The highest BCUT2D eigenvalue weighted by Gasteiger charge is 2.39. The SMILES string of the molecule is Cc1ccc(CNC(=O)[C@@]2(C)CCCN(C(=O)c3ccccc3F)C2)cc1. The van der Waals surface area contributed by atoms with Gasteiger partial charge in [0.25, 0.3) is 5.91 Å². The van der Waals surface area contributed by atoms with Crippen molar-refractivity contribution in [3.8, 4) is 0 Å². The molecule has 142 valence electrons. The molecule has 3 rings (SSSR count). The van der Waals surface area contributed by atoms with Crippen molar-refractivity contribution in [3.05, 3.63) is 71.0 Å². The van der Waals surface area contributed by atoms with Crippen molar-refractivity contribution >= 4 is 11.8 Å². The molecule has 4 nitrogen and oxygen atoms in total. The molecule has 1 fully saturated rings. The molecule has 1 N–H and O–H groups in total. The Labute approximate surface area is 159 Å². The summed E-state index contributed by atoms with van der Waals surface area (Å²) in [5, 5.41) is 2.99. The number of likely N-dealkylation sites (tertiary alicyclic amines) is 1. The smallest absolute Gasteiger partial charge is 0.256 e. The minimum atomic E-state index is -0.677. The first-order valence-corrected chi connectivity index (χ1v) is 9.27. The van der Waals surface area contributed by atoms with Gasteiger partial charge in [-0.1, -0.05) is 42.0 Å². The molecule has 1 aliphatic heterocycles. The lowest BCUT2D eigenvalue weighted by Gasteiger charge is -2.39. The zero-order valence-electron chi connectivity index (χ0n) is 15.8. The van der Waals surface area contributed by atoms with Gasteiger partial charge in [-0.05, 0) is 44.4 Å².